The Balaban J connectivity index is 1.20. The molecule has 1 saturated heterocycles. The van der Waals surface area contributed by atoms with Crippen molar-refractivity contribution < 1.29 is 19.0 Å². The minimum atomic E-state index is -0.130. The van der Waals surface area contributed by atoms with Gasteiger partial charge in [0.15, 0.2) is 6.29 Å². The zero-order valence-electron chi connectivity index (χ0n) is 25.5. The average molecular weight is 531 g/mol. The summed E-state index contributed by atoms with van der Waals surface area (Å²) in [5.74, 6) is 5.37. The van der Waals surface area contributed by atoms with Gasteiger partial charge in [0.05, 0.1) is 6.10 Å². The molecule has 38 heavy (non-hydrogen) atoms. The summed E-state index contributed by atoms with van der Waals surface area (Å²) in [6, 6.07) is 0. The summed E-state index contributed by atoms with van der Waals surface area (Å²) in [6.45, 7) is 14.7. The monoisotopic (exact) mass is 530 g/mol. The number of carbonyl (C=O) groups is 1. The third kappa shape index (κ3) is 5.61. The Bertz CT molecular complexity index is 804. The molecule has 11 atom stereocenters. The van der Waals surface area contributed by atoms with Gasteiger partial charge < -0.3 is 14.2 Å². The smallest absolute Gasteiger partial charge is 0.302 e. The lowest BCUT2D eigenvalue weighted by Gasteiger charge is -2.61. The van der Waals surface area contributed by atoms with E-state index < -0.39 is 0 Å². The van der Waals surface area contributed by atoms with E-state index in [-0.39, 0.29) is 18.4 Å². The first-order valence-electron chi connectivity index (χ1n) is 16.6. The van der Waals surface area contributed by atoms with Gasteiger partial charge in [-0.05, 0) is 142 Å². The van der Waals surface area contributed by atoms with Crippen molar-refractivity contribution in [2.24, 2.45) is 52.3 Å². The predicted molar refractivity (Wildman–Crippen MR) is 152 cm³/mol. The SMILES string of the molecule is CC(=O)O[C@H](CC[C@@H](C)[C@H]1CC[C@H]2[C@@H]3CC[C@@H]4C[C@H](OC5CCCCO5)CC[C@]4(C)[C@H]3CC[C@]12C)C(C)C. The van der Waals surface area contributed by atoms with Gasteiger partial charge in [0.25, 0.3) is 0 Å². The largest absolute Gasteiger partial charge is 0.462 e. The standard InChI is InChI=1S/C34H58O4/c1-22(2)31(37-24(4)35)15-10-23(3)28-13-14-29-27-12-11-25-21-26(38-32-9-7-8-20-36-32)16-18-33(25,5)30(27)17-19-34(28,29)6/h22-23,25-32H,7-21H2,1-6H3/t23-,25-,26-,27+,28-,29+,30+,31-,32?,33+,34-/m1/s1. The third-order valence-electron chi connectivity index (χ3n) is 12.8. The molecular weight excluding hydrogens is 472 g/mol. The Morgan fingerprint density at radius 2 is 1.66 bits per heavy atom. The fourth-order valence-electron chi connectivity index (χ4n) is 10.7. The van der Waals surface area contributed by atoms with Crippen molar-refractivity contribution >= 4 is 5.97 Å². The lowest BCUT2D eigenvalue weighted by Crippen LogP contribution is -2.54. The number of esters is 1. The third-order valence-corrected chi connectivity index (χ3v) is 12.8. The van der Waals surface area contributed by atoms with E-state index in [2.05, 4.69) is 34.6 Å². The molecule has 4 heteroatoms. The van der Waals surface area contributed by atoms with Crippen LogP contribution in [0.1, 0.15) is 131 Å². The minimum absolute atomic E-state index is 0.0621. The fourth-order valence-corrected chi connectivity index (χ4v) is 10.7. The first-order chi connectivity index (χ1) is 18.1. The number of hydrogen-bond acceptors (Lipinski definition) is 4. The van der Waals surface area contributed by atoms with Crippen molar-refractivity contribution in [1.29, 1.82) is 0 Å². The summed E-state index contributed by atoms with van der Waals surface area (Å²) < 4.78 is 18.1. The van der Waals surface area contributed by atoms with E-state index in [1.165, 1.54) is 77.0 Å². The molecule has 1 aliphatic heterocycles. The van der Waals surface area contributed by atoms with E-state index in [9.17, 15) is 4.79 Å². The van der Waals surface area contributed by atoms with Gasteiger partial charge in [-0.3, -0.25) is 4.79 Å². The van der Waals surface area contributed by atoms with E-state index in [0.29, 0.717) is 28.8 Å². The molecule has 218 valence electrons. The van der Waals surface area contributed by atoms with Crippen LogP contribution in [0.15, 0.2) is 0 Å². The topological polar surface area (TPSA) is 44.8 Å². The molecule has 1 unspecified atom stereocenters. The van der Waals surface area contributed by atoms with Crippen LogP contribution in [0, 0.1) is 52.3 Å². The Labute approximate surface area is 233 Å². The zero-order chi connectivity index (χ0) is 27.1. The Kier molecular flexibility index (Phi) is 8.91. The highest BCUT2D eigenvalue weighted by Crippen LogP contribution is 2.68. The van der Waals surface area contributed by atoms with Crippen molar-refractivity contribution in [2.75, 3.05) is 6.61 Å². The predicted octanol–water partition coefficient (Wildman–Crippen LogP) is 8.56. The molecule has 0 aromatic heterocycles. The van der Waals surface area contributed by atoms with Crippen LogP contribution in [0.2, 0.25) is 0 Å². The lowest BCUT2D eigenvalue weighted by atomic mass is 9.44. The molecule has 0 aromatic carbocycles. The maximum absolute atomic E-state index is 11.6. The number of carbonyl (C=O) groups excluding carboxylic acids is 1. The number of fused-ring (bicyclic) bond motifs is 5. The molecule has 5 aliphatic rings. The van der Waals surface area contributed by atoms with Gasteiger partial charge in [-0.2, -0.15) is 0 Å². The summed E-state index contributed by atoms with van der Waals surface area (Å²) in [7, 11) is 0. The van der Waals surface area contributed by atoms with Gasteiger partial charge in [0.2, 0.25) is 0 Å². The Hall–Kier alpha value is -0.610. The first-order valence-corrected chi connectivity index (χ1v) is 16.6. The molecule has 4 aliphatic carbocycles. The summed E-state index contributed by atoms with van der Waals surface area (Å²) in [5, 5.41) is 0. The number of ether oxygens (including phenoxy) is 3. The van der Waals surface area contributed by atoms with Gasteiger partial charge in [0.1, 0.15) is 6.10 Å². The molecule has 0 aromatic rings. The summed E-state index contributed by atoms with van der Waals surface area (Å²) in [4.78, 5) is 11.6. The summed E-state index contributed by atoms with van der Waals surface area (Å²) in [5.41, 5.74) is 1.01. The minimum Gasteiger partial charge on any atom is -0.462 e. The van der Waals surface area contributed by atoms with Crippen molar-refractivity contribution in [3.05, 3.63) is 0 Å². The zero-order valence-corrected chi connectivity index (χ0v) is 25.5. The summed E-state index contributed by atoms with van der Waals surface area (Å²) in [6.07, 6.45) is 18.7. The second kappa shape index (κ2) is 11.7. The molecule has 0 amide bonds. The molecule has 4 saturated carbocycles. The van der Waals surface area contributed by atoms with E-state index >= 15 is 0 Å². The molecule has 0 N–H and O–H groups in total. The molecule has 1 heterocycles. The second-order valence-corrected chi connectivity index (χ2v) is 15.2. The van der Waals surface area contributed by atoms with Crippen LogP contribution < -0.4 is 0 Å². The fraction of sp³-hybridized carbons (Fsp3) is 0.971. The molecule has 0 bridgehead atoms. The molecular formula is C34H58O4. The van der Waals surface area contributed by atoms with Gasteiger partial charge in [-0.25, -0.2) is 0 Å². The maximum Gasteiger partial charge on any atom is 0.302 e. The van der Waals surface area contributed by atoms with E-state index in [0.717, 1.165) is 49.0 Å². The van der Waals surface area contributed by atoms with Crippen LogP contribution in [-0.2, 0) is 19.0 Å². The highest BCUT2D eigenvalue weighted by molar-refractivity contribution is 5.66. The van der Waals surface area contributed by atoms with Gasteiger partial charge in [-0.15, -0.1) is 0 Å². The van der Waals surface area contributed by atoms with E-state index in [4.69, 9.17) is 14.2 Å². The van der Waals surface area contributed by atoms with E-state index in [1.54, 1.807) is 6.92 Å². The lowest BCUT2D eigenvalue weighted by molar-refractivity contribution is -0.212. The highest BCUT2D eigenvalue weighted by Gasteiger charge is 2.60. The quantitative estimate of drug-likeness (QED) is 0.233. The maximum atomic E-state index is 11.6. The van der Waals surface area contributed by atoms with Crippen molar-refractivity contribution in [2.45, 2.75) is 150 Å². The Morgan fingerprint density at radius 1 is 0.895 bits per heavy atom. The van der Waals surface area contributed by atoms with Crippen LogP contribution in [0.5, 0.6) is 0 Å². The molecule has 5 rings (SSSR count). The van der Waals surface area contributed by atoms with Crippen LogP contribution in [0.3, 0.4) is 0 Å². The van der Waals surface area contributed by atoms with Crippen molar-refractivity contribution in [1.82, 2.24) is 0 Å². The number of hydrogen-bond donors (Lipinski definition) is 0. The van der Waals surface area contributed by atoms with Crippen LogP contribution in [0.25, 0.3) is 0 Å². The Morgan fingerprint density at radius 3 is 2.37 bits per heavy atom. The first kappa shape index (κ1) is 28.9. The highest BCUT2D eigenvalue weighted by atomic mass is 16.7. The van der Waals surface area contributed by atoms with Gasteiger partial charge in [-0.1, -0.05) is 34.6 Å². The van der Waals surface area contributed by atoms with Crippen molar-refractivity contribution in [3.8, 4) is 0 Å². The molecule has 0 radical (unpaired) electrons. The molecule has 5 fully saturated rings. The second-order valence-electron chi connectivity index (χ2n) is 15.2. The average Bonchev–Trinajstić information content (AvgIpc) is 3.24. The van der Waals surface area contributed by atoms with Crippen LogP contribution >= 0.6 is 0 Å². The van der Waals surface area contributed by atoms with Gasteiger partial charge in [0, 0.05) is 13.5 Å². The normalized spacial score (nSPS) is 44.6. The van der Waals surface area contributed by atoms with Gasteiger partial charge >= 0.3 is 5.97 Å². The van der Waals surface area contributed by atoms with E-state index in [1.807, 2.05) is 0 Å². The van der Waals surface area contributed by atoms with Crippen LogP contribution in [-0.4, -0.2) is 31.1 Å². The molecule has 4 nitrogen and oxygen atoms in total. The van der Waals surface area contributed by atoms with Crippen LogP contribution in [0.4, 0.5) is 0 Å². The summed E-state index contributed by atoms with van der Waals surface area (Å²) >= 11 is 0. The molecule has 0 spiro atoms. The van der Waals surface area contributed by atoms with Crippen molar-refractivity contribution in [3.63, 3.8) is 0 Å². The number of rotatable bonds is 8.